The van der Waals surface area contributed by atoms with Crippen LogP contribution in [0.5, 0.6) is 0 Å². The molecule has 0 saturated carbocycles. The van der Waals surface area contributed by atoms with E-state index in [0.717, 1.165) is 11.3 Å². The van der Waals surface area contributed by atoms with Gasteiger partial charge in [0.1, 0.15) is 11.0 Å². The van der Waals surface area contributed by atoms with Gasteiger partial charge in [0.15, 0.2) is 0 Å². The molecule has 0 atom stereocenters. The summed E-state index contributed by atoms with van der Waals surface area (Å²) in [5.74, 6) is 0.152. The van der Waals surface area contributed by atoms with E-state index in [1.807, 2.05) is 0 Å². The summed E-state index contributed by atoms with van der Waals surface area (Å²) in [6.45, 7) is 0. The second kappa shape index (κ2) is 5.85. The quantitative estimate of drug-likeness (QED) is 0.741. The molecule has 6 heteroatoms. The summed E-state index contributed by atoms with van der Waals surface area (Å²) < 4.78 is 12.9. The van der Waals surface area contributed by atoms with E-state index >= 15 is 0 Å². The highest BCUT2D eigenvalue weighted by molar-refractivity contribution is 6.29. The number of hydrogen-bond donors (Lipinski definition) is 1. The van der Waals surface area contributed by atoms with Crippen LogP contribution in [-0.4, -0.2) is 15.0 Å². The fourth-order valence-corrected chi connectivity index (χ4v) is 1.89. The van der Waals surface area contributed by atoms with Crippen LogP contribution < -0.4 is 5.32 Å². The predicted octanol–water partition coefficient (Wildman–Crippen LogP) is 4.07. The first-order valence-electron chi connectivity index (χ1n) is 6.18. The average molecular weight is 301 g/mol. The summed E-state index contributed by atoms with van der Waals surface area (Å²) >= 11 is 5.73. The van der Waals surface area contributed by atoms with Gasteiger partial charge in [-0.05, 0) is 42.5 Å². The van der Waals surface area contributed by atoms with Crippen LogP contribution in [0.25, 0.3) is 11.3 Å². The van der Waals surface area contributed by atoms with Crippen molar-refractivity contribution in [2.75, 3.05) is 5.32 Å². The topological polar surface area (TPSA) is 50.7 Å². The minimum Gasteiger partial charge on any atom is -0.323 e. The molecule has 3 aromatic rings. The molecule has 1 aromatic carbocycles. The van der Waals surface area contributed by atoms with Crippen molar-refractivity contribution in [3.8, 4) is 11.3 Å². The smallest absolute Gasteiger partial charge is 0.227 e. The Labute approximate surface area is 125 Å². The molecule has 0 spiro atoms. The minimum atomic E-state index is -0.279. The molecule has 0 saturated heterocycles. The molecular formula is C15H10ClFN4. The van der Waals surface area contributed by atoms with E-state index in [0.29, 0.717) is 16.8 Å². The fraction of sp³-hybridized carbons (Fsp3) is 0. The Morgan fingerprint density at radius 2 is 1.76 bits per heavy atom. The Kier molecular flexibility index (Phi) is 3.75. The number of aromatic nitrogens is 3. The zero-order valence-corrected chi connectivity index (χ0v) is 11.5. The molecule has 1 N–H and O–H groups in total. The molecule has 0 unspecified atom stereocenters. The Bertz CT molecular complexity index is 744. The van der Waals surface area contributed by atoms with E-state index in [1.54, 1.807) is 42.7 Å². The van der Waals surface area contributed by atoms with Gasteiger partial charge in [-0.1, -0.05) is 11.6 Å². The standard InChI is InChI=1S/C15H10ClFN4/c16-14-6-5-12(9-19-14)20-15-18-8-7-13(21-15)10-1-3-11(17)4-2-10/h1-9H,(H,18,20,21). The van der Waals surface area contributed by atoms with E-state index in [9.17, 15) is 4.39 Å². The second-order valence-corrected chi connectivity index (χ2v) is 4.65. The van der Waals surface area contributed by atoms with Crippen molar-refractivity contribution in [1.82, 2.24) is 15.0 Å². The van der Waals surface area contributed by atoms with Gasteiger partial charge in [-0.25, -0.2) is 19.3 Å². The van der Waals surface area contributed by atoms with Crippen LogP contribution in [0.15, 0.2) is 54.9 Å². The van der Waals surface area contributed by atoms with E-state index in [4.69, 9.17) is 11.6 Å². The lowest BCUT2D eigenvalue weighted by molar-refractivity contribution is 0.628. The maximum Gasteiger partial charge on any atom is 0.227 e. The molecular weight excluding hydrogens is 291 g/mol. The van der Waals surface area contributed by atoms with Gasteiger partial charge in [-0.15, -0.1) is 0 Å². The summed E-state index contributed by atoms with van der Waals surface area (Å²) in [5, 5.41) is 3.45. The zero-order valence-electron chi connectivity index (χ0n) is 10.8. The molecule has 0 aliphatic carbocycles. The number of halogens is 2. The van der Waals surface area contributed by atoms with Crippen molar-refractivity contribution >= 4 is 23.2 Å². The van der Waals surface area contributed by atoms with E-state index in [-0.39, 0.29) is 5.82 Å². The van der Waals surface area contributed by atoms with Gasteiger partial charge in [-0.3, -0.25) is 0 Å². The van der Waals surface area contributed by atoms with Gasteiger partial charge >= 0.3 is 0 Å². The van der Waals surface area contributed by atoms with E-state index in [1.165, 1.54) is 12.1 Å². The van der Waals surface area contributed by atoms with Gasteiger partial charge in [0.05, 0.1) is 17.6 Å². The fourth-order valence-electron chi connectivity index (χ4n) is 1.78. The Morgan fingerprint density at radius 3 is 2.48 bits per heavy atom. The number of rotatable bonds is 3. The van der Waals surface area contributed by atoms with Crippen LogP contribution >= 0.6 is 11.6 Å². The minimum absolute atomic E-state index is 0.279. The van der Waals surface area contributed by atoms with Gasteiger partial charge in [0, 0.05) is 11.8 Å². The molecule has 0 radical (unpaired) electrons. The van der Waals surface area contributed by atoms with Crippen LogP contribution in [0.1, 0.15) is 0 Å². The first-order chi connectivity index (χ1) is 10.2. The van der Waals surface area contributed by atoms with Gasteiger partial charge in [0.25, 0.3) is 0 Å². The first-order valence-corrected chi connectivity index (χ1v) is 6.56. The largest absolute Gasteiger partial charge is 0.323 e. The maximum absolute atomic E-state index is 12.9. The maximum atomic E-state index is 12.9. The highest BCUT2D eigenvalue weighted by Gasteiger charge is 2.03. The van der Waals surface area contributed by atoms with E-state index < -0.39 is 0 Å². The monoisotopic (exact) mass is 300 g/mol. The molecule has 104 valence electrons. The third kappa shape index (κ3) is 3.32. The zero-order chi connectivity index (χ0) is 14.7. The summed E-state index contributed by atoms with van der Waals surface area (Å²) in [6, 6.07) is 11.4. The number of pyridine rings is 1. The second-order valence-electron chi connectivity index (χ2n) is 4.27. The van der Waals surface area contributed by atoms with Crippen molar-refractivity contribution in [3.05, 3.63) is 65.8 Å². The number of nitrogens with zero attached hydrogens (tertiary/aromatic N) is 3. The summed E-state index contributed by atoms with van der Waals surface area (Å²) in [6.07, 6.45) is 3.23. The van der Waals surface area contributed by atoms with Crippen LogP contribution in [0.3, 0.4) is 0 Å². The van der Waals surface area contributed by atoms with E-state index in [2.05, 4.69) is 20.3 Å². The molecule has 3 rings (SSSR count). The highest BCUT2D eigenvalue weighted by Crippen LogP contribution is 2.20. The van der Waals surface area contributed by atoms with Crippen molar-refractivity contribution < 1.29 is 4.39 Å². The summed E-state index contributed by atoms with van der Waals surface area (Å²) in [5.41, 5.74) is 2.25. The third-order valence-corrected chi connectivity index (χ3v) is 3.00. The normalized spacial score (nSPS) is 10.4. The van der Waals surface area contributed by atoms with Crippen molar-refractivity contribution in [3.63, 3.8) is 0 Å². The Balaban J connectivity index is 1.86. The van der Waals surface area contributed by atoms with Crippen LogP contribution in [-0.2, 0) is 0 Å². The summed E-state index contributed by atoms with van der Waals surface area (Å²) in [7, 11) is 0. The number of benzene rings is 1. The predicted molar refractivity (Wildman–Crippen MR) is 80.0 cm³/mol. The van der Waals surface area contributed by atoms with Crippen LogP contribution in [0.2, 0.25) is 5.15 Å². The Hall–Kier alpha value is -2.53. The van der Waals surface area contributed by atoms with Crippen molar-refractivity contribution in [1.29, 1.82) is 0 Å². The Morgan fingerprint density at radius 1 is 0.952 bits per heavy atom. The van der Waals surface area contributed by atoms with Gasteiger partial charge in [-0.2, -0.15) is 0 Å². The molecule has 0 bridgehead atoms. The lowest BCUT2D eigenvalue weighted by Crippen LogP contribution is -1.98. The third-order valence-electron chi connectivity index (χ3n) is 2.78. The molecule has 21 heavy (non-hydrogen) atoms. The number of hydrogen-bond acceptors (Lipinski definition) is 4. The molecule has 0 fully saturated rings. The van der Waals surface area contributed by atoms with Gasteiger partial charge in [0.2, 0.25) is 5.95 Å². The molecule has 0 aliphatic rings. The van der Waals surface area contributed by atoms with Gasteiger partial charge < -0.3 is 5.32 Å². The molecule has 2 aromatic heterocycles. The molecule has 2 heterocycles. The summed E-state index contributed by atoms with van der Waals surface area (Å²) in [4.78, 5) is 12.5. The molecule has 4 nitrogen and oxygen atoms in total. The molecule has 0 amide bonds. The van der Waals surface area contributed by atoms with Crippen molar-refractivity contribution in [2.24, 2.45) is 0 Å². The lowest BCUT2D eigenvalue weighted by atomic mass is 10.1. The average Bonchev–Trinajstić information content (AvgIpc) is 2.51. The van der Waals surface area contributed by atoms with Crippen LogP contribution in [0, 0.1) is 5.82 Å². The first kappa shape index (κ1) is 13.5. The van der Waals surface area contributed by atoms with Crippen molar-refractivity contribution in [2.45, 2.75) is 0 Å². The highest BCUT2D eigenvalue weighted by atomic mass is 35.5. The molecule has 0 aliphatic heterocycles. The SMILES string of the molecule is Fc1ccc(-c2ccnc(Nc3ccc(Cl)nc3)n2)cc1. The number of nitrogens with one attached hydrogen (secondary N) is 1. The lowest BCUT2D eigenvalue weighted by Gasteiger charge is -2.06. The van der Waals surface area contributed by atoms with Crippen LogP contribution in [0.4, 0.5) is 16.0 Å². The number of anilines is 2.